The molecule has 0 heterocycles. The first-order chi connectivity index (χ1) is 50.7. The Labute approximate surface area is 678 Å². The van der Waals surface area contributed by atoms with Gasteiger partial charge in [-0.3, -0.25) is 14.4 Å². The van der Waals surface area contributed by atoms with Crippen LogP contribution in [0.4, 0.5) is 28.8 Å². The highest BCUT2D eigenvalue weighted by Crippen LogP contribution is 2.28. The average Bonchev–Trinajstić information content (AvgIpc) is 0.923. The minimum Gasteiger partial charge on any atom is -0.444 e. The highest BCUT2D eigenvalue weighted by molar-refractivity contribution is 8.15. The van der Waals surface area contributed by atoms with E-state index >= 15 is 0 Å². The van der Waals surface area contributed by atoms with Crippen molar-refractivity contribution in [1.82, 2.24) is 31.9 Å². The number of thioether (sulfide) groups is 3. The predicted octanol–water partition coefficient (Wildman–Crippen LogP) is 18.8. The van der Waals surface area contributed by atoms with E-state index in [1.165, 1.54) is 54.5 Å². The zero-order valence-electron chi connectivity index (χ0n) is 72.5. The van der Waals surface area contributed by atoms with E-state index < -0.39 is 22.9 Å². The standard InChI is InChI=1S/3C13H24N2O2.3C13H24N2OS.C2H5B.2C2H6/c6*1-13(2,3)17-12(16)15-11-9-7-5-4-6-8-10(11)14;1-2-3;2*1-2/h7,9-11H,4-6,8,14H2,1-3H3,(H,15,16);6,8,10-11H,4-5,7,9,14H2,1-3H3,(H,15,16);4-5,10-11H,6-9,14H2,1-3H3,(H,15,16);7,9-11H,4-6,8,14H2,1-3H3,(H,15,16);6,8,10-11H,4-5,7,9,14H2,1-3H3,(H,15,16);4-5,10-11H,6-9,14H2,1-3H3,(H,15,16);2H2,1H3;2*1-2H3/b9-7+;8-6+;5-4+;9-7+;8-6+;5-4+;;;/t10-,11?;10?,11-;10-,11+;10-,11?;10?,11-;10-,11+;;;/m110110.../s1. The van der Waals surface area contributed by atoms with E-state index in [0.29, 0.717) is 0 Å². The van der Waals surface area contributed by atoms with Crippen LogP contribution in [0.1, 0.15) is 313 Å². The highest BCUT2D eigenvalue weighted by atomic mass is 32.2. The summed E-state index contributed by atoms with van der Waals surface area (Å²) in [6, 6.07) is -0.0510. The van der Waals surface area contributed by atoms with Crippen molar-refractivity contribution >= 4 is 77.1 Å². The molecule has 0 saturated heterocycles. The monoisotopic (exact) mass is 1590 g/mol. The second-order valence-electron chi connectivity index (χ2n) is 33.7. The van der Waals surface area contributed by atoms with Crippen LogP contribution in [0.25, 0.3) is 0 Å². The molecule has 6 aliphatic carbocycles. The average molecular weight is 1590 g/mol. The molecule has 25 heteroatoms. The van der Waals surface area contributed by atoms with Crippen molar-refractivity contribution in [3.8, 4) is 0 Å². The Morgan fingerprint density at radius 1 is 0.330 bits per heavy atom. The molecule has 0 saturated carbocycles. The van der Waals surface area contributed by atoms with E-state index in [1.54, 1.807) is 0 Å². The third-order valence-corrected chi connectivity index (χ3v) is 18.8. The first-order valence-electron chi connectivity index (χ1n) is 40.9. The van der Waals surface area contributed by atoms with E-state index in [-0.39, 0.29) is 115 Å². The lowest BCUT2D eigenvalue weighted by Crippen LogP contribution is -2.49. The van der Waals surface area contributed by atoms with E-state index in [9.17, 15) is 28.8 Å². The van der Waals surface area contributed by atoms with Crippen LogP contribution in [-0.4, -0.2) is 145 Å². The summed E-state index contributed by atoms with van der Waals surface area (Å²) in [6.07, 6.45) is 49.6. The molecule has 2 radical (unpaired) electrons. The van der Waals surface area contributed by atoms with Crippen LogP contribution in [-0.2, 0) is 14.2 Å². The Hall–Kier alpha value is -4.47. The molecule has 6 aliphatic rings. The van der Waals surface area contributed by atoms with Gasteiger partial charge in [-0.15, -0.1) is 0 Å². The zero-order chi connectivity index (χ0) is 84.0. The third kappa shape index (κ3) is 65.6. The van der Waals surface area contributed by atoms with Gasteiger partial charge in [-0.1, -0.05) is 237 Å². The fourth-order valence-corrected chi connectivity index (χ4v) is 13.3. The summed E-state index contributed by atoms with van der Waals surface area (Å²) in [5, 5.41) is 17.7. The van der Waals surface area contributed by atoms with Gasteiger partial charge in [0.05, 0.1) is 26.0 Å². The molecule has 0 spiro atoms. The number of ether oxygens (including phenoxy) is 3. The Bertz CT molecular complexity index is 2450. The Balaban J connectivity index is -0.00000122. The van der Waals surface area contributed by atoms with Gasteiger partial charge < -0.3 is 80.5 Å². The number of rotatable bonds is 6. The summed E-state index contributed by atoms with van der Waals surface area (Å²) in [4.78, 5) is 70.5. The first-order valence-corrected chi connectivity index (χ1v) is 43.3. The molecule has 632 valence electrons. The molecule has 0 aromatic heterocycles. The van der Waals surface area contributed by atoms with Crippen LogP contribution in [0.3, 0.4) is 0 Å². The maximum atomic E-state index is 11.8. The lowest BCUT2D eigenvalue weighted by Gasteiger charge is -2.27. The smallest absolute Gasteiger partial charge is 0.408 e. The van der Waals surface area contributed by atoms with Crippen LogP contribution in [0.5, 0.6) is 0 Å². The topological polar surface area (TPSA) is 358 Å². The van der Waals surface area contributed by atoms with E-state index in [1.807, 2.05) is 184 Å². The number of carbonyl (C=O) groups excluding carboxylic acids is 6. The highest BCUT2D eigenvalue weighted by Gasteiger charge is 2.29. The van der Waals surface area contributed by atoms with Gasteiger partial charge >= 0.3 is 18.3 Å². The largest absolute Gasteiger partial charge is 0.444 e. The van der Waals surface area contributed by atoms with Gasteiger partial charge in [0.15, 0.2) is 0 Å². The zero-order valence-corrected chi connectivity index (χ0v) is 74.9. The summed E-state index contributed by atoms with van der Waals surface area (Å²) in [6.45, 7) is 44.9. The molecular formula is C84H161BN12O9S3. The van der Waals surface area contributed by atoms with E-state index in [0.717, 1.165) is 141 Å². The van der Waals surface area contributed by atoms with Gasteiger partial charge in [-0.2, -0.15) is 0 Å². The van der Waals surface area contributed by atoms with Gasteiger partial charge in [-0.05, 0) is 191 Å². The summed E-state index contributed by atoms with van der Waals surface area (Å²) in [5.41, 5.74) is 34.9. The fraction of sp³-hybridized carbons (Fsp3) is 0.786. The number of amides is 6. The second-order valence-corrected chi connectivity index (χ2v) is 39.1. The van der Waals surface area contributed by atoms with Crippen LogP contribution < -0.4 is 66.3 Å². The van der Waals surface area contributed by atoms with Crippen molar-refractivity contribution in [2.24, 2.45) is 34.4 Å². The molecule has 0 aliphatic heterocycles. The molecule has 6 amide bonds. The molecule has 6 rings (SSSR count). The van der Waals surface area contributed by atoms with Gasteiger partial charge in [0.25, 0.3) is 15.7 Å². The van der Waals surface area contributed by atoms with Crippen molar-refractivity contribution in [2.75, 3.05) is 0 Å². The van der Waals surface area contributed by atoms with Gasteiger partial charge in [0.1, 0.15) is 16.8 Å². The van der Waals surface area contributed by atoms with Crippen molar-refractivity contribution in [3.05, 3.63) is 72.9 Å². The molecule has 0 fully saturated rings. The second kappa shape index (κ2) is 60.1. The van der Waals surface area contributed by atoms with Crippen LogP contribution in [0.2, 0.25) is 6.32 Å². The summed E-state index contributed by atoms with van der Waals surface area (Å²) in [5.74, 6) is 0. The fourth-order valence-electron chi connectivity index (χ4n) is 11.0. The van der Waals surface area contributed by atoms with Crippen LogP contribution in [0.15, 0.2) is 72.9 Å². The lowest BCUT2D eigenvalue weighted by molar-refractivity contribution is 0.0483. The van der Waals surface area contributed by atoms with Crippen molar-refractivity contribution in [1.29, 1.82) is 0 Å². The van der Waals surface area contributed by atoms with Gasteiger partial charge in [-0.25, -0.2) is 14.4 Å². The summed E-state index contributed by atoms with van der Waals surface area (Å²) < 4.78 is 15.5. The minimum atomic E-state index is -0.473. The van der Waals surface area contributed by atoms with Crippen LogP contribution in [0, 0.1) is 0 Å². The molecule has 0 bridgehead atoms. The number of nitrogens with two attached hydrogens (primary N) is 6. The third-order valence-electron chi connectivity index (χ3n) is 16.0. The van der Waals surface area contributed by atoms with E-state index in [4.69, 9.17) is 56.5 Å². The maximum Gasteiger partial charge on any atom is 0.408 e. The van der Waals surface area contributed by atoms with E-state index in [2.05, 4.69) is 80.5 Å². The molecule has 0 aromatic carbocycles. The normalized spacial score (nSPS) is 26.4. The van der Waals surface area contributed by atoms with Gasteiger partial charge in [0, 0.05) is 68.6 Å². The lowest BCUT2D eigenvalue weighted by atomic mass is 9.96. The Kier molecular flexibility index (Phi) is 60.0. The number of allylic oxidation sites excluding steroid dienone is 8. The molecular weight excluding hydrogens is 1430 g/mol. The number of alkyl carbamates (subject to hydrolysis) is 3. The summed E-state index contributed by atoms with van der Waals surface area (Å²) >= 11 is 4.00. The number of nitrogens with one attached hydrogen (secondary N) is 6. The SMILES string of the molecule is CC.CC.CC(C)(C)OC(=O)NC1/C=C/CCCC[C@H]1N.CC(C)(C)OC(=O)N[C@@H]1CC/C=C/CC[C@@H]1N.CC(C)(C)OC(=O)N[C@@H]1CCCC/C=C/C1N.CC(C)(C)SC(=O)NC1/C=C/CCCC[C@H]1N.CC(C)(C)SC(=O)N[C@@H]1CC/C=C/CC[C@@H]1N.CC(C)(C)SC(=O)N[C@@H]1CCCC/C=C/C1N.[B]CC. The quantitative estimate of drug-likeness (QED) is 0.0668. The number of hydrogen-bond donors (Lipinski definition) is 12. The maximum absolute atomic E-state index is 11.8. The number of hydrogen-bond acceptors (Lipinski definition) is 18. The molecule has 18 N–H and O–H groups in total. The first kappa shape index (κ1) is 109. The molecule has 21 nitrogen and oxygen atoms in total. The van der Waals surface area contributed by atoms with Crippen molar-refractivity contribution in [2.45, 2.75) is 423 Å². The predicted molar refractivity (Wildman–Crippen MR) is 471 cm³/mol. The minimum absolute atomic E-state index is 0.00692. The number of carbonyl (C=O) groups is 6. The Morgan fingerprint density at radius 2 is 0.587 bits per heavy atom. The Morgan fingerprint density at radius 3 is 0.917 bits per heavy atom. The molecule has 12 atom stereocenters. The molecule has 109 heavy (non-hydrogen) atoms. The molecule has 0 aromatic rings. The van der Waals surface area contributed by atoms with Crippen LogP contribution >= 0.6 is 35.3 Å². The van der Waals surface area contributed by atoms with Crippen molar-refractivity contribution in [3.63, 3.8) is 0 Å². The summed E-state index contributed by atoms with van der Waals surface area (Å²) in [7, 11) is 4.85. The molecule has 4 unspecified atom stereocenters. The van der Waals surface area contributed by atoms with Gasteiger partial charge in [0.2, 0.25) is 0 Å². The van der Waals surface area contributed by atoms with Crippen molar-refractivity contribution < 1.29 is 43.0 Å².